The fourth-order valence-corrected chi connectivity index (χ4v) is 2.61. The second-order valence-electron chi connectivity index (χ2n) is 5.98. The summed E-state index contributed by atoms with van der Waals surface area (Å²) in [5.74, 6) is -0.782. The van der Waals surface area contributed by atoms with Crippen LogP contribution in [0.15, 0.2) is 0 Å². The normalized spacial score (nSPS) is 25.3. The van der Waals surface area contributed by atoms with Crippen molar-refractivity contribution in [3.63, 3.8) is 0 Å². The van der Waals surface area contributed by atoms with Crippen molar-refractivity contribution in [1.82, 2.24) is 15.5 Å². The number of nitrogens with zero attached hydrogens (tertiary/aromatic N) is 1. The van der Waals surface area contributed by atoms with Crippen molar-refractivity contribution in [1.29, 1.82) is 0 Å². The fraction of sp³-hybridized carbons (Fsp3) is 0.786. The lowest BCUT2D eigenvalue weighted by atomic mass is 9.89. The summed E-state index contributed by atoms with van der Waals surface area (Å²) in [5.41, 5.74) is -1.14. The van der Waals surface area contributed by atoms with Gasteiger partial charge in [-0.3, -0.25) is 4.79 Å². The zero-order valence-electron chi connectivity index (χ0n) is 12.4. The number of rotatable bonds is 5. The molecule has 0 aromatic heterocycles. The van der Waals surface area contributed by atoms with Crippen LogP contribution >= 0.6 is 0 Å². The average Bonchev–Trinajstić information content (AvgIpc) is 3.28. The molecule has 1 heterocycles. The van der Waals surface area contributed by atoms with Gasteiger partial charge in [0.1, 0.15) is 5.54 Å². The SMILES string of the molecule is CC1(C(=O)O)CCCCN1C(=O)NCCNC(=O)C1CC1. The molecule has 3 amide bonds. The Morgan fingerprint density at radius 3 is 2.48 bits per heavy atom. The van der Waals surface area contributed by atoms with Gasteiger partial charge in [0.25, 0.3) is 0 Å². The third-order valence-electron chi connectivity index (χ3n) is 4.25. The quantitative estimate of drug-likeness (QED) is 0.645. The highest BCUT2D eigenvalue weighted by Gasteiger charge is 2.43. The molecule has 2 rings (SSSR count). The standard InChI is InChI=1S/C14H23N3O4/c1-14(12(19)20)6-2-3-9-17(14)13(21)16-8-7-15-11(18)10-4-5-10/h10H,2-9H2,1H3,(H,15,18)(H,16,21)(H,19,20). The predicted molar refractivity (Wildman–Crippen MR) is 75.7 cm³/mol. The van der Waals surface area contributed by atoms with Gasteiger partial charge in [0, 0.05) is 25.6 Å². The number of aliphatic carboxylic acids is 1. The Labute approximate surface area is 124 Å². The first-order valence-corrected chi connectivity index (χ1v) is 7.52. The highest BCUT2D eigenvalue weighted by Crippen LogP contribution is 2.29. The summed E-state index contributed by atoms with van der Waals surface area (Å²) in [6.07, 6.45) is 3.98. The molecular formula is C14H23N3O4. The Bertz CT molecular complexity index is 436. The number of piperidine rings is 1. The largest absolute Gasteiger partial charge is 0.480 e. The molecule has 7 heteroatoms. The van der Waals surface area contributed by atoms with Gasteiger partial charge in [-0.1, -0.05) is 0 Å². The molecular weight excluding hydrogens is 274 g/mol. The number of carboxylic acids is 1. The van der Waals surface area contributed by atoms with Gasteiger partial charge >= 0.3 is 12.0 Å². The molecule has 1 saturated heterocycles. The Hall–Kier alpha value is -1.79. The van der Waals surface area contributed by atoms with E-state index < -0.39 is 11.5 Å². The molecule has 1 atom stereocenters. The molecule has 0 bridgehead atoms. The van der Waals surface area contributed by atoms with Gasteiger partial charge in [0.2, 0.25) is 5.91 Å². The first-order chi connectivity index (χ1) is 9.95. The maximum atomic E-state index is 12.1. The van der Waals surface area contributed by atoms with Crippen molar-refractivity contribution in [3.05, 3.63) is 0 Å². The van der Waals surface area contributed by atoms with E-state index >= 15 is 0 Å². The Balaban J connectivity index is 1.78. The van der Waals surface area contributed by atoms with E-state index in [9.17, 15) is 19.5 Å². The van der Waals surface area contributed by atoms with Gasteiger partial charge < -0.3 is 20.6 Å². The number of hydrogen-bond donors (Lipinski definition) is 3. The van der Waals surface area contributed by atoms with Crippen LogP contribution in [0.5, 0.6) is 0 Å². The average molecular weight is 297 g/mol. The summed E-state index contributed by atoms with van der Waals surface area (Å²) in [6.45, 7) is 2.72. The van der Waals surface area contributed by atoms with Crippen molar-refractivity contribution >= 4 is 17.9 Å². The van der Waals surface area contributed by atoms with Crippen LogP contribution in [-0.2, 0) is 9.59 Å². The van der Waals surface area contributed by atoms with Gasteiger partial charge in [-0.15, -0.1) is 0 Å². The molecule has 118 valence electrons. The first kappa shape index (κ1) is 15.6. The minimum absolute atomic E-state index is 0.0394. The number of nitrogens with one attached hydrogen (secondary N) is 2. The van der Waals surface area contributed by atoms with Crippen LogP contribution in [-0.4, -0.2) is 53.1 Å². The molecule has 0 spiro atoms. The van der Waals surface area contributed by atoms with E-state index in [1.807, 2.05) is 0 Å². The fourth-order valence-electron chi connectivity index (χ4n) is 2.61. The predicted octanol–water partition coefficient (Wildman–Crippen LogP) is 0.551. The number of likely N-dealkylation sites (tertiary alicyclic amines) is 1. The zero-order valence-corrected chi connectivity index (χ0v) is 12.4. The summed E-state index contributed by atoms with van der Waals surface area (Å²) in [4.78, 5) is 36.4. The van der Waals surface area contributed by atoms with E-state index in [1.54, 1.807) is 6.92 Å². The lowest BCUT2D eigenvalue weighted by molar-refractivity contribution is -0.150. The van der Waals surface area contributed by atoms with E-state index in [0.29, 0.717) is 26.1 Å². The summed E-state index contributed by atoms with van der Waals surface area (Å²) in [7, 11) is 0. The van der Waals surface area contributed by atoms with Crippen molar-refractivity contribution in [2.45, 2.75) is 44.6 Å². The molecule has 0 radical (unpaired) electrons. The molecule has 7 nitrogen and oxygen atoms in total. The second kappa shape index (κ2) is 6.32. The third-order valence-corrected chi connectivity index (χ3v) is 4.25. The van der Waals surface area contributed by atoms with Gasteiger partial charge in [-0.25, -0.2) is 9.59 Å². The van der Waals surface area contributed by atoms with E-state index in [1.165, 1.54) is 4.90 Å². The van der Waals surface area contributed by atoms with Crippen LogP contribution in [0.4, 0.5) is 4.79 Å². The molecule has 0 aromatic carbocycles. The lowest BCUT2D eigenvalue weighted by Crippen LogP contribution is -2.60. The van der Waals surface area contributed by atoms with Crippen molar-refractivity contribution in [3.8, 4) is 0 Å². The van der Waals surface area contributed by atoms with Gasteiger partial charge in [-0.2, -0.15) is 0 Å². The number of amides is 3. The van der Waals surface area contributed by atoms with Crippen LogP contribution in [0, 0.1) is 5.92 Å². The number of carboxylic acid groups (broad SMARTS) is 1. The van der Waals surface area contributed by atoms with Crippen LogP contribution < -0.4 is 10.6 Å². The van der Waals surface area contributed by atoms with E-state index in [0.717, 1.165) is 25.7 Å². The van der Waals surface area contributed by atoms with Crippen LogP contribution in [0.1, 0.15) is 39.0 Å². The Morgan fingerprint density at radius 2 is 1.86 bits per heavy atom. The molecule has 1 aliphatic carbocycles. The summed E-state index contributed by atoms with van der Waals surface area (Å²) < 4.78 is 0. The van der Waals surface area contributed by atoms with Gasteiger partial charge in [-0.05, 0) is 39.0 Å². The van der Waals surface area contributed by atoms with E-state index in [4.69, 9.17) is 0 Å². The molecule has 1 aliphatic heterocycles. The molecule has 1 unspecified atom stereocenters. The Morgan fingerprint density at radius 1 is 1.19 bits per heavy atom. The highest BCUT2D eigenvalue weighted by molar-refractivity contribution is 5.86. The number of carbonyl (C=O) groups excluding carboxylic acids is 2. The van der Waals surface area contributed by atoms with Gasteiger partial charge in [0.05, 0.1) is 0 Å². The molecule has 3 N–H and O–H groups in total. The second-order valence-corrected chi connectivity index (χ2v) is 5.98. The smallest absolute Gasteiger partial charge is 0.329 e. The monoisotopic (exact) mass is 297 g/mol. The van der Waals surface area contributed by atoms with E-state index in [2.05, 4.69) is 10.6 Å². The molecule has 1 saturated carbocycles. The van der Waals surface area contributed by atoms with Crippen LogP contribution in [0.3, 0.4) is 0 Å². The van der Waals surface area contributed by atoms with Crippen LogP contribution in [0.25, 0.3) is 0 Å². The molecule has 0 aromatic rings. The molecule has 2 aliphatic rings. The van der Waals surface area contributed by atoms with Gasteiger partial charge in [0.15, 0.2) is 0 Å². The summed E-state index contributed by atoms with van der Waals surface area (Å²) in [6, 6.07) is -0.375. The zero-order chi connectivity index (χ0) is 15.5. The minimum Gasteiger partial charge on any atom is -0.480 e. The first-order valence-electron chi connectivity index (χ1n) is 7.52. The molecule has 2 fully saturated rings. The molecule has 21 heavy (non-hydrogen) atoms. The number of carbonyl (C=O) groups is 3. The topological polar surface area (TPSA) is 98.7 Å². The number of hydrogen-bond acceptors (Lipinski definition) is 3. The minimum atomic E-state index is -1.14. The highest BCUT2D eigenvalue weighted by atomic mass is 16.4. The van der Waals surface area contributed by atoms with Crippen molar-refractivity contribution in [2.75, 3.05) is 19.6 Å². The van der Waals surface area contributed by atoms with Crippen LogP contribution in [0.2, 0.25) is 0 Å². The number of urea groups is 1. The Kier molecular flexibility index (Phi) is 4.69. The maximum absolute atomic E-state index is 12.1. The summed E-state index contributed by atoms with van der Waals surface area (Å²) >= 11 is 0. The maximum Gasteiger partial charge on any atom is 0.329 e. The summed E-state index contributed by atoms with van der Waals surface area (Å²) in [5, 5.41) is 14.8. The van der Waals surface area contributed by atoms with Crippen molar-refractivity contribution in [2.24, 2.45) is 5.92 Å². The third kappa shape index (κ3) is 3.65. The lowest BCUT2D eigenvalue weighted by Gasteiger charge is -2.41. The van der Waals surface area contributed by atoms with E-state index in [-0.39, 0.29) is 17.9 Å². The van der Waals surface area contributed by atoms with Crippen molar-refractivity contribution < 1.29 is 19.5 Å².